The number of hydrogen-bond acceptors (Lipinski definition) is 12. The topological polar surface area (TPSA) is 249 Å². The fourth-order valence-electron chi connectivity index (χ4n) is 2.85. The maximum absolute atomic E-state index is 12.2. The Hall–Kier alpha value is -5.08. The summed E-state index contributed by atoms with van der Waals surface area (Å²) >= 11 is 0. The van der Waals surface area contributed by atoms with E-state index in [1.807, 2.05) is 0 Å². The molecule has 0 saturated heterocycles. The maximum atomic E-state index is 12.2. The van der Waals surface area contributed by atoms with Crippen molar-refractivity contribution in [1.82, 2.24) is 0 Å². The number of carboxylic acids is 2. The Morgan fingerprint density at radius 3 is 1.50 bits per heavy atom. The fraction of sp³-hybridized carbons (Fsp3) is 0.167. The van der Waals surface area contributed by atoms with Crippen molar-refractivity contribution in [3.8, 4) is 23.0 Å². The van der Waals surface area contributed by atoms with Crippen LogP contribution < -0.4 is 0 Å². The van der Waals surface area contributed by atoms with Crippen LogP contribution in [0.2, 0.25) is 0 Å². The summed E-state index contributed by atoms with van der Waals surface area (Å²) in [6, 6.07) is 6.90. The van der Waals surface area contributed by atoms with Crippen molar-refractivity contribution >= 4 is 36.0 Å². The zero-order chi connectivity index (χ0) is 28.6. The van der Waals surface area contributed by atoms with Gasteiger partial charge in [-0.3, -0.25) is 0 Å². The smallest absolute Gasteiger partial charge is 0.347 e. The molecule has 14 heteroatoms. The van der Waals surface area contributed by atoms with E-state index < -0.39 is 71.3 Å². The summed E-state index contributed by atoms with van der Waals surface area (Å²) in [6.45, 7) is 0. The van der Waals surface area contributed by atoms with E-state index in [-0.39, 0.29) is 11.1 Å². The van der Waals surface area contributed by atoms with Crippen LogP contribution in [0.5, 0.6) is 23.0 Å². The number of carbonyl (C=O) groups excluding carboxylic acids is 2. The van der Waals surface area contributed by atoms with Crippen molar-refractivity contribution in [1.29, 1.82) is 0 Å². The van der Waals surface area contributed by atoms with Gasteiger partial charge in [0.25, 0.3) is 0 Å². The summed E-state index contributed by atoms with van der Waals surface area (Å²) in [5, 5.41) is 76.4. The summed E-state index contributed by atoms with van der Waals surface area (Å²) in [6.07, 6.45) is -6.65. The number of aromatic hydroxyl groups is 4. The van der Waals surface area contributed by atoms with Crippen LogP contribution in [0, 0.1) is 0 Å². The summed E-state index contributed by atoms with van der Waals surface area (Å²) in [4.78, 5) is 47.2. The first-order valence-corrected chi connectivity index (χ1v) is 10.4. The number of phenols is 4. The molecule has 8 N–H and O–H groups in total. The molecule has 0 aliphatic heterocycles. The minimum atomic E-state index is -2.64. The standard InChI is InChI=1S/C24H22O14/c25-13-5-1-11(9-15(13)27)3-7-17(29)37-21(20(32)23(33)34)19(31)22(24(35)36)38-18(30)8-4-12-2-6-14(26)16(28)10-12/h1-10,19-22,25-28,31-32H,(H,33,34)(H,35,36). The van der Waals surface area contributed by atoms with Gasteiger partial charge in [-0.15, -0.1) is 0 Å². The van der Waals surface area contributed by atoms with Crippen LogP contribution in [-0.4, -0.2) is 89.1 Å². The lowest BCUT2D eigenvalue weighted by molar-refractivity contribution is -0.190. The van der Waals surface area contributed by atoms with Gasteiger partial charge in [-0.2, -0.15) is 0 Å². The molecule has 2 aromatic rings. The SMILES string of the molecule is O=C(C=Cc1ccc(O)c(O)c1)OC(C(=O)O)C(O)C(OC(=O)C=Cc1ccc(O)c(O)c1)C(O)C(=O)O. The van der Waals surface area contributed by atoms with E-state index in [9.17, 15) is 54.9 Å². The predicted molar refractivity (Wildman–Crippen MR) is 125 cm³/mol. The summed E-state index contributed by atoms with van der Waals surface area (Å²) in [7, 11) is 0. The lowest BCUT2D eigenvalue weighted by Gasteiger charge is -2.28. The molecule has 4 atom stereocenters. The Balaban J connectivity index is 2.20. The molecule has 0 fully saturated rings. The first-order valence-electron chi connectivity index (χ1n) is 10.4. The van der Waals surface area contributed by atoms with Gasteiger partial charge in [0.2, 0.25) is 6.10 Å². The van der Waals surface area contributed by atoms with Crippen molar-refractivity contribution in [2.45, 2.75) is 24.4 Å². The van der Waals surface area contributed by atoms with E-state index in [0.717, 1.165) is 36.4 Å². The monoisotopic (exact) mass is 534 g/mol. The van der Waals surface area contributed by atoms with Crippen molar-refractivity contribution < 1.29 is 69.5 Å². The van der Waals surface area contributed by atoms with Crippen LogP contribution in [0.15, 0.2) is 48.6 Å². The van der Waals surface area contributed by atoms with Gasteiger partial charge in [-0.25, -0.2) is 19.2 Å². The van der Waals surface area contributed by atoms with Crippen LogP contribution in [0.3, 0.4) is 0 Å². The third-order valence-electron chi connectivity index (χ3n) is 4.77. The van der Waals surface area contributed by atoms with E-state index in [2.05, 4.69) is 4.74 Å². The van der Waals surface area contributed by atoms with Gasteiger partial charge in [-0.1, -0.05) is 12.1 Å². The molecule has 14 nitrogen and oxygen atoms in total. The zero-order valence-electron chi connectivity index (χ0n) is 19.1. The second-order valence-corrected chi connectivity index (χ2v) is 7.53. The Bertz CT molecular complexity index is 1260. The molecule has 202 valence electrons. The highest BCUT2D eigenvalue weighted by Gasteiger charge is 2.44. The molecule has 0 heterocycles. The molecule has 0 spiro atoms. The molecular weight excluding hydrogens is 512 g/mol. The van der Waals surface area contributed by atoms with Crippen molar-refractivity contribution in [3.63, 3.8) is 0 Å². The fourth-order valence-corrected chi connectivity index (χ4v) is 2.85. The van der Waals surface area contributed by atoms with Gasteiger partial charge in [0.1, 0.15) is 6.10 Å². The number of phenolic OH excluding ortho intramolecular Hbond substituents is 4. The molecule has 0 radical (unpaired) electrons. The second kappa shape index (κ2) is 12.8. The van der Waals surface area contributed by atoms with E-state index in [4.69, 9.17) is 9.84 Å². The van der Waals surface area contributed by atoms with Crippen molar-refractivity contribution in [2.24, 2.45) is 0 Å². The highest BCUT2D eigenvalue weighted by atomic mass is 16.6. The number of esters is 2. The Labute approximate surface area is 213 Å². The predicted octanol–water partition coefficient (Wildman–Crippen LogP) is -0.0498. The van der Waals surface area contributed by atoms with E-state index in [1.54, 1.807) is 0 Å². The van der Waals surface area contributed by atoms with Crippen LogP contribution in [-0.2, 0) is 28.7 Å². The number of carbonyl (C=O) groups is 4. The van der Waals surface area contributed by atoms with Crippen LogP contribution in [0.1, 0.15) is 11.1 Å². The number of aliphatic hydroxyl groups excluding tert-OH is 2. The first kappa shape index (κ1) is 29.2. The molecule has 38 heavy (non-hydrogen) atoms. The number of hydrogen-bond donors (Lipinski definition) is 8. The largest absolute Gasteiger partial charge is 0.504 e. The van der Waals surface area contributed by atoms with Crippen molar-refractivity contribution in [2.75, 3.05) is 0 Å². The highest BCUT2D eigenvalue weighted by Crippen LogP contribution is 2.26. The number of benzene rings is 2. The molecule has 0 aliphatic carbocycles. The normalized spacial score (nSPS) is 14.5. The van der Waals surface area contributed by atoms with Gasteiger partial charge in [0.05, 0.1) is 0 Å². The minimum Gasteiger partial charge on any atom is -0.504 e. The minimum absolute atomic E-state index is 0.180. The third-order valence-corrected chi connectivity index (χ3v) is 4.77. The molecule has 0 aliphatic rings. The van der Waals surface area contributed by atoms with Crippen LogP contribution >= 0.6 is 0 Å². The quantitative estimate of drug-likeness (QED) is 0.107. The third kappa shape index (κ3) is 7.97. The van der Waals surface area contributed by atoms with E-state index in [1.165, 1.54) is 12.1 Å². The Kier molecular flexibility index (Phi) is 9.78. The Morgan fingerprint density at radius 2 is 1.11 bits per heavy atom. The number of aliphatic carboxylic acids is 2. The van der Waals surface area contributed by atoms with Crippen LogP contribution in [0.25, 0.3) is 12.2 Å². The molecule has 0 amide bonds. The molecular formula is C24H22O14. The molecule has 0 bridgehead atoms. The average molecular weight is 534 g/mol. The van der Waals surface area contributed by atoms with Gasteiger partial charge in [0, 0.05) is 12.2 Å². The maximum Gasteiger partial charge on any atom is 0.347 e. The van der Waals surface area contributed by atoms with Crippen LogP contribution in [0.4, 0.5) is 0 Å². The van der Waals surface area contributed by atoms with Gasteiger partial charge in [0.15, 0.2) is 35.2 Å². The lowest BCUT2D eigenvalue weighted by Crippen LogP contribution is -2.53. The lowest BCUT2D eigenvalue weighted by atomic mass is 10.0. The molecule has 0 aromatic heterocycles. The second-order valence-electron chi connectivity index (χ2n) is 7.53. The number of carboxylic acid groups (broad SMARTS) is 2. The van der Waals surface area contributed by atoms with Crippen molar-refractivity contribution in [3.05, 3.63) is 59.7 Å². The summed E-state index contributed by atoms with van der Waals surface area (Å²) in [5.41, 5.74) is 0.366. The summed E-state index contributed by atoms with van der Waals surface area (Å²) in [5.74, 6) is -8.60. The number of rotatable bonds is 11. The molecule has 4 unspecified atom stereocenters. The van der Waals surface area contributed by atoms with Gasteiger partial charge >= 0.3 is 23.9 Å². The zero-order valence-corrected chi connectivity index (χ0v) is 19.1. The summed E-state index contributed by atoms with van der Waals surface area (Å²) < 4.78 is 9.38. The van der Waals surface area contributed by atoms with Gasteiger partial charge < -0.3 is 50.3 Å². The van der Waals surface area contributed by atoms with E-state index in [0.29, 0.717) is 12.2 Å². The Morgan fingerprint density at radius 1 is 0.658 bits per heavy atom. The average Bonchev–Trinajstić information content (AvgIpc) is 2.86. The number of ether oxygens (including phenoxy) is 2. The highest BCUT2D eigenvalue weighted by molar-refractivity contribution is 5.90. The first-order chi connectivity index (χ1) is 17.8. The number of aliphatic hydroxyl groups is 2. The van der Waals surface area contributed by atoms with Gasteiger partial charge in [-0.05, 0) is 47.5 Å². The molecule has 2 aromatic carbocycles. The molecule has 2 rings (SSSR count). The van der Waals surface area contributed by atoms with E-state index >= 15 is 0 Å². The molecule has 0 saturated carbocycles.